The molecular formula is C18H24N2O2. The SMILES string of the molecule is CC(=O)N1CCCc2cc(NC(=O)C3(C)CCCC3)ccc21. The Morgan fingerprint density at radius 1 is 1.18 bits per heavy atom. The largest absolute Gasteiger partial charge is 0.326 e. The average Bonchev–Trinajstić information content (AvgIpc) is 2.94. The lowest BCUT2D eigenvalue weighted by Gasteiger charge is -2.29. The van der Waals surface area contributed by atoms with Crippen molar-refractivity contribution in [3.05, 3.63) is 23.8 Å². The van der Waals surface area contributed by atoms with Gasteiger partial charge in [0.15, 0.2) is 0 Å². The van der Waals surface area contributed by atoms with Gasteiger partial charge in [-0.3, -0.25) is 9.59 Å². The lowest BCUT2D eigenvalue weighted by atomic mass is 9.87. The molecule has 1 fully saturated rings. The molecule has 1 saturated carbocycles. The molecule has 0 saturated heterocycles. The third-order valence-corrected chi connectivity index (χ3v) is 5.09. The predicted octanol–water partition coefficient (Wildman–Crippen LogP) is 3.50. The number of benzene rings is 1. The molecule has 2 aliphatic rings. The zero-order valence-electron chi connectivity index (χ0n) is 13.4. The van der Waals surface area contributed by atoms with Crippen LogP contribution < -0.4 is 10.2 Å². The van der Waals surface area contributed by atoms with Gasteiger partial charge in [0.2, 0.25) is 11.8 Å². The minimum Gasteiger partial charge on any atom is -0.326 e. The molecule has 0 radical (unpaired) electrons. The van der Waals surface area contributed by atoms with E-state index in [-0.39, 0.29) is 17.2 Å². The Kier molecular flexibility index (Phi) is 3.94. The Morgan fingerprint density at radius 2 is 1.91 bits per heavy atom. The molecule has 4 nitrogen and oxygen atoms in total. The summed E-state index contributed by atoms with van der Waals surface area (Å²) in [6, 6.07) is 5.90. The summed E-state index contributed by atoms with van der Waals surface area (Å²) in [6.07, 6.45) is 6.16. The maximum atomic E-state index is 12.5. The summed E-state index contributed by atoms with van der Waals surface area (Å²) >= 11 is 0. The maximum Gasteiger partial charge on any atom is 0.230 e. The number of aryl methyl sites for hydroxylation is 1. The van der Waals surface area contributed by atoms with Gasteiger partial charge in [-0.25, -0.2) is 0 Å². The number of carbonyl (C=O) groups excluding carboxylic acids is 2. The molecule has 1 heterocycles. The summed E-state index contributed by atoms with van der Waals surface area (Å²) in [5.41, 5.74) is 2.77. The molecule has 3 rings (SSSR count). The van der Waals surface area contributed by atoms with Crippen molar-refractivity contribution in [3.63, 3.8) is 0 Å². The van der Waals surface area contributed by atoms with Crippen molar-refractivity contribution in [2.45, 2.75) is 52.4 Å². The molecular weight excluding hydrogens is 276 g/mol. The van der Waals surface area contributed by atoms with Gasteiger partial charge in [-0.05, 0) is 49.4 Å². The van der Waals surface area contributed by atoms with Crippen molar-refractivity contribution >= 4 is 23.2 Å². The zero-order valence-corrected chi connectivity index (χ0v) is 13.4. The fourth-order valence-corrected chi connectivity index (χ4v) is 3.67. The van der Waals surface area contributed by atoms with Crippen LogP contribution in [0.25, 0.3) is 0 Å². The lowest BCUT2D eigenvalue weighted by molar-refractivity contribution is -0.124. The number of hydrogen-bond donors (Lipinski definition) is 1. The topological polar surface area (TPSA) is 49.4 Å². The van der Waals surface area contributed by atoms with E-state index in [2.05, 4.69) is 12.2 Å². The molecule has 2 amide bonds. The van der Waals surface area contributed by atoms with Gasteiger partial charge in [0.25, 0.3) is 0 Å². The highest BCUT2D eigenvalue weighted by molar-refractivity contribution is 5.97. The first-order chi connectivity index (χ1) is 10.5. The van der Waals surface area contributed by atoms with E-state index < -0.39 is 0 Å². The van der Waals surface area contributed by atoms with Crippen molar-refractivity contribution in [2.75, 3.05) is 16.8 Å². The van der Waals surface area contributed by atoms with Crippen LogP contribution in [0.15, 0.2) is 18.2 Å². The summed E-state index contributed by atoms with van der Waals surface area (Å²) < 4.78 is 0. The van der Waals surface area contributed by atoms with E-state index in [0.29, 0.717) is 0 Å². The van der Waals surface area contributed by atoms with Gasteiger partial charge >= 0.3 is 0 Å². The molecule has 0 bridgehead atoms. The average molecular weight is 300 g/mol. The van der Waals surface area contributed by atoms with E-state index in [1.807, 2.05) is 23.1 Å². The van der Waals surface area contributed by atoms with Gasteiger partial charge < -0.3 is 10.2 Å². The van der Waals surface area contributed by atoms with Crippen molar-refractivity contribution in [3.8, 4) is 0 Å². The molecule has 4 heteroatoms. The highest BCUT2D eigenvalue weighted by atomic mass is 16.2. The third-order valence-electron chi connectivity index (χ3n) is 5.09. The molecule has 0 unspecified atom stereocenters. The van der Waals surface area contributed by atoms with Crippen LogP contribution in [0.4, 0.5) is 11.4 Å². The van der Waals surface area contributed by atoms with E-state index in [4.69, 9.17) is 0 Å². The third kappa shape index (κ3) is 2.74. The number of amides is 2. The van der Waals surface area contributed by atoms with Crippen LogP contribution in [0.5, 0.6) is 0 Å². The standard InChI is InChI=1S/C18H24N2O2/c1-13(21)20-11-5-6-14-12-15(7-8-16(14)20)19-17(22)18(2)9-3-4-10-18/h7-8,12H,3-6,9-11H2,1-2H3,(H,19,22). The van der Waals surface area contributed by atoms with Crippen LogP contribution in [0.3, 0.4) is 0 Å². The highest BCUT2D eigenvalue weighted by Gasteiger charge is 2.36. The van der Waals surface area contributed by atoms with Gasteiger partial charge in [0.1, 0.15) is 0 Å². The number of fused-ring (bicyclic) bond motifs is 1. The van der Waals surface area contributed by atoms with Gasteiger partial charge in [-0.1, -0.05) is 19.8 Å². The summed E-state index contributed by atoms with van der Waals surface area (Å²) in [5.74, 6) is 0.209. The van der Waals surface area contributed by atoms with E-state index in [1.54, 1.807) is 6.92 Å². The Labute approximate surface area is 131 Å². The molecule has 0 aromatic heterocycles. The quantitative estimate of drug-likeness (QED) is 0.908. The smallest absolute Gasteiger partial charge is 0.230 e. The number of nitrogens with zero attached hydrogens (tertiary/aromatic N) is 1. The number of hydrogen-bond acceptors (Lipinski definition) is 2. The van der Waals surface area contributed by atoms with Crippen LogP contribution in [0, 0.1) is 5.41 Å². The Hall–Kier alpha value is -1.84. The molecule has 22 heavy (non-hydrogen) atoms. The first-order valence-electron chi connectivity index (χ1n) is 8.22. The molecule has 1 aromatic rings. The summed E-state index contributed by atoms with van der Waals surface area (Å²) in [7, 11) is 0. The van der Waals surface area contributed by atoms with Crippen LogP contribution >= 0.6 is 0 Å². The molecule has 0 spiro atoms. The number of anilines is 2. The van der Waals surface area contributed by atoms with E-state index in [0.717, 1.165) is 62.0 Å². The molecule has 1 N–H and O–H groups in total. The minimum atomic E-state index is -0.221. The van der Waals surface area contributed by atoms with E-state index in [9.17, 15) is 9.59 Å². The van der Waals surface area contributed by atoms with E-state index >= 15 is 0 Å². The van der Waals surface area contributed by atoms with Crippen molar-refractivity contribution < 1.29 is 9.59 Å². The summed E-state index contributed by atoms with van der Waals surface area (Å²) in [6.45, 7) is 4.45. The normalized spacial score (nSPS) is 19.6. The van der Waals surface area contributed by atoms with Gasteiger partial charge in [-0.2, -0.15) is 0 Å². The molecule has 1 aliphatic carbocycles. The number of nitrogens with one attached hydrogen (secondary N) is 1. The van der Waals surface area contributed by atoms with Crippen LogP contribution in [0.2, 0.25) is 0 Å². The second-order valence-electron chi connectivity index (χ2n) is 6.84. The van der Waals surface area contributed by atoms with Gasteiger partial charge in [0, 0.05) is 30.3 Å². The Bertz CT molecular complexity index is 603. The second kappa shape index (κ2) is 5.75. The molecule has 1 aromatic carbocycles. The molecule has 118 valence electrons. The molecule has 0 atom stereocenters. The summed E-state index contributed by atoms with van der Waals surface area (Å²) in [4.78, 5) is 26.0. The summed E-state index contributed by atoms with van der Waals surface area (Å²) in [5, 5.41) is 3.08. The number of carbonyl (C=O) groups is 2. The van der Waals surface area contributed by atoms with Gasteiger partial charge in [0.05, 0.1) is 0 Å². The van der Waals surface area contributed by atoms with E-state index in [1.165, 1.54) is 0 Å². The van der Waals surface area contributed by atoms with Crippen molar-refractivity contribution in [1.82, 2.24) is 0 Å². The van der Waals surface area contributed by atoms with Crippen molar-refractivity contribution in [2.24, 2.45) is 5.41 Å². The maximum absolute atomic E-state index is 12.5. The van der Waals surface area contributed by atoms with Crippen LogP contribution in [-0.2, 0) is 16.0 Å². The first-order valence-corrected chi connectivity index (χ1v) is 8.22. The fraction of sp³-hybridized carbons (Fsp3) is 0.556. The minimum absolute atomic E-state index is 0.0798. The van der Waals surface area contributed by atoms with Gasteiger partial charge in [-0.15, -0.1) is 0 Å². The lowest BCUT2D eigenvalue weighted by Crippen LogP contribution is -2.34. The number of rotatable bonds is 2. The predicted molar refractivity (Wildman–Crippen MR) is 88.0 cm³/mol. The van der Waals surface area contributed by atoms with Crippen molar-refractivity contribution in [1.29, 1.82) is 0 Å². The monoisotopic (exact) mass is 300 g/mol. The zero-order chi connectivity index (χ0) is 15.7. The highest BCUT2D eigenvalue weighted by Crippen LogP contribution is 2.39. The molecule has 1 aliphatic heterocycles. The first kappa shape index (κ1) is 15.1. The Balaban J connectivity index is 1.79. The van der Waals surface area contributed by atoms with Crippen LogP contribution in [-0.4, -0.2) is 18.4 Å². The van der Waals surface area contributed by atoms with Crippen LogP contribution in [0.1, 0.15) is 51.5 Å². The fourth-order valence-electron chi connectivity index (χ4n) is 3.67. The Morgan fingerprint density at radius 3 is 2.59 bits per heavy atom. The second-order valence-corrected chi connectivity index (χ2v) is 6.84.